The van der Waals surface area contributed by atoms with Gasteiger partial charge in [0.15, 0.2) is 0 Å². The molecule has 1 aliphatic heterocycles. The smallest absolute Gasteiger partial charge is 0.127 e. The van der Waals surface area contributed by atoms with Crippen LogP contribution < -0.4 is 5.32 Å². The van der Waals surface area contributed by atoms with E-state index in [0.717, 1.165) is 37.5 Å². The molecule has 0 aromatic heterocycles. The molecule has 0 bridgehead atoms. The van der Waals surface area contributed by atoms with Gasteiger partial charge in [0.05, 0.1) is 0 Å². The molecule has 1 fully saturated rings. The molecule has 1 heterocycles. The summed E-state index contributed by atoms with van der Waals surface area (Å²) in [5, 5.41) is 3.39. The molecule has 0 saturated carbocycles. The van der Waals surface area contributed by atoms with Crippen molar-refractivity contribution >= 4 is 0 Å². The maximum atomic E-state index is 13.9. The Kier molecular flexibility index (Phi) is 5.34. The van der Waals surface area contributed by atoms with E-state index in [4.69, 9.17) is 0 Å². The van der Waals surface area contributed by atoms with Crippen LogP contribution in [0.25, 0.3) is 0 Å². The lowest BCUT2D eigenvalue weighted by Crippen LogP contribution is -2.36. The second-order valence-electron chi connectivity index (χ2n) is 5.58. The normalized spacial score (nSPS) is 18.7. The van der Waals surface area contributed by atoms with Gasteiger partial charge in [-0.15, -0.1) is 0 Å². The van der Waals surface area contributed by atoms with Crippen LogP contribution in [0.15, 0.2) is 24.3 Å². The number of halogens is 1. The first-order valence-electron chi connectivity index (χ1n) is 7.37. The van der Waals surface area contributed by atoms with Crippen LogP contribution in [-0.4, -0.2) is 31.6 Å². The molecule has 19 heavy (non-hydrogen) atoms. The van der Waals surface area contributed by atoms with Crippen molar-refractivity contribution in [2.45, 2.75) is 32.2 Å². The van der Waals surface area contributed by atoms with Gasteiger partial charge in [-0.3, -0.25) is 4.90 Å². The number of nitrogens with one attached hydrogen (secondary N) is 1. The highest BCUT2D eigenvalue weighted by molar-refractivity contribution is 5.21. The Labute approximate surface area is 116 Å². The Balaban J connectivity index is 2.02. The fraction of sp³-hybridized carbons (Fsp3) is 0.625. The predicted octanol–water partition coefficient (Wildman–Crippen LogP) is 3.21. The van der Waals surface area contributed by atoms with Gasteiger partial charge in [0.1, 0.15) is 5.82 Å². The fourth-order valence-electron chi connectivity index (χ4n) is 3.11. The summed E-state index contributed by atoms with van der Waals surface area (Å²) in [5.74, 6) is 0.665. The van der Waals surface area contributed by atoms with Crippen molar-refractivity contribution in [2.24, 2.45) is 5.92 Å². The molecule has 106 valence electrons. The summed E-state index contributed by atoms with van der Waals surface area (Å²) in [7, 11) is 2.13. The van der Waals surface area contributed by atoms with Crippen LogP contribution in [0.2, 0.25) is 0 Å². The van der Waals surface area contributed by atoms with Gasteiger partial charge >= 0.3 is 0 Å². The highest BCUT2D eigenvalue weighted by atomic mass is 19.1. The quantitative estimate of drug-likeness (QED) is 0.878. The summed E-state index contributed by atoms with van der Waals surface area (Å²) in [4.78, 5) is 2.33. The zero-order chi connectivity index (χ0) is 13.7. The van der Waals surface area contributed by atoms with Crippen molar-refractivity contribution in [3.8, 4) is 0 Å². The molecule has 0 aliphatic carbocycles. The van der Waals surface area contributed by atoms with E-state index < -0.39 is 0 Å². The molecule has 1 saturated heterocycles. The van der Waals surface area contributed by atoms with Crippen LogP contribution in [0.3, 0.4) is 0 Å². The maximum absolute atomic E-state index is 13.9. The third-order valence-corrected chi connectivity index (χ3v) is 4.19. The molecular weight excluding hydrogens is 239 g/mol. The van der Waals surface area contributed by atoms with Gasteiger partial charge in [0.25, 0.3) is 0 Å². The lowest BCUT2D eigenvalue weighted by Gasteiger charge is -2.33. The minimum Gasteiger partial charge on any atom is -0.317 e. The van der Waals surface area contributed by atoms with Gasteiger partial charge in [-0.25, -0.2) is 4.39 Å². The molecule has 0 amide bonds. The molecule has 0 radical (unpaired) electrons. The molecule has 1 aliphatic rings. The summed E-state index contributed by atoms with van der Waals surface area (Å²) in [5.41, 5.74) is 0.835. The van der Waals surface area contributed by atoms with Crippen LogP contribution in [0, 0.1) is 11.7 Å². The van der Waals surface area contributed by atoms with E-state index in [9.17, 15) is 4.39 Å². The first-order valence-corrected chi connectivity index (χ1v) is 7.37. The van der Waals surface area contributed by atoms with Crippen molar-refractivity contribution in [1.82, 2.24) is 10.2 Å². The van der Waals surface area contributed by atoms with Gasteiger partial charge in [-0.1, -0.05) is 25.1 Å². The first-order chi connectivity index (χ1) is 9.22. The van der Waals surface area contributed by atoms with Crippen molar-refractivity contribution < 1.29 is 4.39 Å². The number of nitrogens with zero attached hydrogens (tertiary/aromatic N) is 1. The van der Waals surface area contributed by atoms with Crippen LogP contribution in [0.5, 0.6) is 0 Å². The van der Waals surface area contributed by atoms with E-state index in [1.807, 2.05) is 12.1 Å². The highest BCUT2D eigenvalue weighted by Crippen LogP contribution is 2.27. The molecule has 1 N–H and O–H groups in total. The van der Waals surface area contributed by atoms with E-state index in [2.05, 4.69) is 24.2 Å². The average molecular weight is 264 g/mol. The number of piperidine rings is 1. The van der Waals surface area contributed by atoms with Crippen molar-refractivity contribution in [2.75, 3.05) is 26.7 Å². The van der Waals surface area contributed by atoms with Crippen LogP contribution in [0.4, 0.5) is 4.39 Å². The largest absolute Gasteiger partial charge is 0.317 e. The molecule has 1 unspecified atom stereocenters. The Morgan fingerprint density at radius 3 is 2.63 bits per heavy atom. The van der Waals surface area contributed by atoms with Crippen molar-refractivity contribution in [1.29, 1.82) is 0 Å². The number of hydrogen-bond donors (Lipinski definition) is 1. The van der Waals surface area contributed by atoms with E-state index in [1.54, 1.807) is 12.1 Å². The molecule has 1 aromatic rings. The van der Waals surface area contributed by atoms with Gasteiger partial charge in [-0.05, 0) is 51.4 Å². The Hall–Kier alpha value is -0.930. The Morgan fingerprint density at radius 1 is 1.32 bits per heavy atom. The molecule has 0 spiro atoms. The zero-order valence-corrected chi connectivity index (χ0v) is 12.0. The minimum atomic E-state index is -0.0773. The van der Waals surface area contributed by atoms with E-state index >= 15 is 0 Å². The Bertz CT molecular complexity index is 388. The van der Waals surface area contributed by atoms with Crippen LogP contribution >= 0.6 is 0 Å². The lowest BCUT2D eigenvalue weighted by atomic mass is 9.95. The topological polar surface area (TPSA) is 15.3 Å². The molecule has 2 rings (SSSR count). The van der Waals surface area contributed by atoms with Crippen molar-refractivity contribution in [3.05, 3.63) is 35.6 Å². The zero-order valence-electron chi connectivity index (χ0n) is 12.0. The van der Waals surface area contributed by atoms with E-state index in [-0.39, 0.29) is 11.9 Å². The number of rotatable bonds is 5. The molecule has 3 heteroatoms. The molecule has 1 aromatic carbocycles. The second kappa shape index (κ2) is 7.01. The molecule has 2 nitrogen and oxygen atoms in total. The third kappa shape index (κ3) is 3.77. The van der Waals surface area contributed by atoms with Crippen molar-refractivity contribution in [3.63, 3.8) is 0 Å². The lowest BCUT2D eigenvalue weighted by molar-refractivity contribution is 0.179. The monoisotopic (exact) mass is 264 g/mol. The van der Waals surface area contributed by atoms with E-state index in [0.29, 0.717) is 0 Å². The summed E-state index contributed by atoms with van der Waals surface area (Å²) >= 11 is 0. The summed E-state index contributed by atoms with van der Waals surface area (Å²) < 4.78 is 13.9. The SMILES string of the molecule is CCC(c1ccccc1F)N(C)CC1CCNCC1. The number of benzene rings is 1. The summed E-state index contributed by atoms with van der Waals surface area (Å²) in [6.07, 6.45) is 3.42. The standard InChI is InChI=1S/C16H25FN2/c1-3-16(14-6-4-5-7-15(14)17)19(2)12-13-8-10-18-11-9-13/h4-7,13,16,18H,3,8-12H2,1-2H3. The molecule has 1 atom stereocenters. The summed E-state index contributed by atoms with van der Waals surface area (Å²) in [6, 6.07) is 7.37. The second-order valence-corrected chi connectivity index (χ2v) is 5.58. The third-order valence-electron chi connectivity index (χ3n) is 4.19. The van der Waals surface area contributed by atoms with Gasteiger partial charge in [0, 0.05) is 18.2 Å². The predicted molar refractivity (Wildman–Crippen MR) is 77.7 cm³/mol. The number of hydrogen-bond acceptors (Lipinski definition) is 2. The maximum Gasteiger partial charge on any atom is 0.127 e. The van der Waals surface area contributed by atoms with Gasteiger partial charge in [0.2, 0.25) is 0 Å². The fourth-order valence-corrected chi connectivity index (χ4v) is 3.11. The van der Waals surface area contributed by atoms with Crippen LogP contribution in [-0.2, 0) is 0 Å². The Morgan fingerprint density at radius 2 is 2.00 bits per heavy atom. The van der Waals surface area contributed by atoms with E-state index in [1.165, 1.54) is 12.8 Å². The summed E-state index contributed by atoms with van der Waals surface area (Å²) in [6.45, 7) is 5.44. The van der Waals surface area contributed by atoms with Gasteiger partial charge in [-0.2, -0.15) is 0 Å². The first kappa shape index (κ1) is 14.5. The minimum absolute atomic E-state index is 0.0773. The van der Waals surface area contributed by atoms with Crippen LogP contribution in [0.1, 0.15) is 37.8 Å². The molecular formula is C16H25FN2. The average Bonchev–Trinajstić information content (AvgIpc) is 2.43. The highest BCUT2D eigenvalue weighted by Gasteiger charge is 2.22. The van der Waals surface area contributed by atoms with Gasteiger partial charge < -0.3 is 5.32 Å².